The second-order valence-electron chi connectivity index (χ2n) is 3.86. The zero-order chi connectivity index (χ0) is 13.7. The van der Waals surface area contributed by atoms with Gasteiger partial charge in [-0.1, -0.05) is 17.7 Å². The summed E-state index contributed by atoms with van der Waals surface area (Å²) in [4.78, 5) is 25.9. The molecule has 6 heteroatoms. The van der Waals surface area contributed by atoms with Crippen molar-refractivity contribution in [1.82, 2.24) is 19.9 Å². The highest BCUT2D eigenvalue weighted by atomic mass is 35.5. The van der Waals surface area contributed by atoms with E-state index in [4.69, 9.17) is 11.6 Å². The third kappa shape index (κ3) is 3.48. The molecule has 19 heavy (non-hydrogen) atoms. The molecule has 5 nitrogen and oxygen atoms in total. The van der Waals surface area contributed by atoms with E-state index in [9.17, 15) is 4.79 Å². The maximum absolute atomic E-state index is 12.2. The Balaban J connectivity index is 2.13. The molecule has 2 rings (SSSR count). The summed E-state index contributed by atoms with van der Waals surface area (Å²) in [6, 6.07) is 5.61. The molecule has 0 saturated carbocycles. The minimum absolute atomic E-state index is 0.183. The van der Waals surface area contributed by atoms with E-state index in [1.54, 1.807) is 11.1 Å². The molecule has 2 aromatic rings. The van der Waals surface area contributed by atoms with Crippen LogP contribution in [-0.2, 0) is 6.54 Å². The van der Waals surface area contributed by atoms with Crippen molar-refractivity contribution < 1.29 is 4.79 Å². The first-order valence-electron chi connectivity index (χ1n) is 5.87. The smallest absolute Gasteiger partial charge is 0.274 e. The number of nitrogens with zero attached hydrogens (tertiary/aromatic N) is 4. The maximum Gasteiger partial charge on any atom is 0.274 e. The van der Waals surface area contributed by atoms with Crippen LogP contribution in [-0.4, -0.2) is 32.3 Å². The van der Waals surface area contributed by atoms with Gasteiger partial charge in [-0.3, -0.25) is 9.78 Å². The van der Waals surface area contributed by atoms with E-state index in [1.807, 2.05) is 25.1 Å². The summed E-state index contributed by atoms with van der Waals surface area (Å²) < 4.78 is 0. The van der Waals surface area contributed by atoms with Crippen molar-refractivity contribution in [3.63, 3.8) is 0 Å². The Hall–Kier alpha value is -2.01. The van der Waals surface area contributed by atoms with Gasteiger partial charge in [0.2, 0.25) is 0 Å². The Bertz CT molecular complexity index is 544. The molecule has 98 valence electrons. The average Bonchev–Trinajstić information content (AvgIpc) is 2.46. The fourth-order valence-electron chi connectivity index (χ4n) is 1.60. The molecule has 2 heterocycles. The Morgan fingerprint density at radius 2 is 2.11 bits per heavy atom. The summed E-state index contributed by atoms with van der Waals surface area (Å²) >= 11 is 5.65. The number of rotatable bonds is 4. The fraction of sp³-hybridized carbons (Fsp3) is 0.231. The van der Waals surface area contributed by atoms with E-state index < -0.39 is 0 Å². The first-order valence-corrected chi connectivity index (χ1v) is 6.25. The van der Waals surface area contributed by atoms with Gasteiger partial charge in [-0.25, -0.2) is 9.97 Å². The summed E-state index contributed by atoms with van der Waals surface area (Å²) in [5.74, 6) is -0.183. The van der Waals surface area contributed by atoms with Gasteiger partial charge in [0, 0.05) is 12.7 Å². The van der Waals surface area contributed by atoms with Crippen LogP contribution < -0.4 is 0 Å². The lowest BCUT2D eigenvalue weighted by molar-refractivity contribution is 0.0744. The summed E-state index contributed by atoms with van der Waals surface area (Å²) in [6.45, 7) is 2.92. The first-order chi connectivity index (χ1) is 9.20. The molecule has 0 aliphatic heterocycles. The van der Waals surface area contributed by atoms with E-state index in [-0.39, 0.29) is 16.8 Å². The van der Waals surface area contributed by atoms with Crippen molar-refractivity contribution >= 4 is 17.5 Å². The molecule has 0 unspecified atom stereocenters. The van der Waals surface area contributed by atoms with Gasteiger partial charge in [0.15, 0.2) is 0 Å². The average molecular weight is 277 g/mol. The molecule has 2 aromatic heterocycles. The van der Waals surface area contributed by atoms with E-state index in [1.165, 1.54) is 12.4 Å². The standard InChI is InChI=1S/C13H13ClN4O/c1-2-18(9-10-5-3-4-6-15-10)13(19)11-7-17-12(14)8-16-11/h3-8H,2,9H2,1H3. The molecule has 1 amide bonds. The lowest BCUT2D eigenvalue weighted by Gasteiger charge is -2.19. The SMILES string of the molecule is CCN(Cc1ccccn1)C(=O)c1cnc(Cl)cn1. The molecule has 0 aliphatic carbocycles. The number of hydrogen-bond acceptors (Lipinski definition) is 4. The van der Waals surface area contributed by atoms with E-state index in [2.05, 4.69) is 15.0 Å². The van der Waals surface area contributed by atoms with Crippen LogP contribution in [0.25, 0.3) is 0 Å². The van der Waals surface area contributed by atoms with Crippen LogP contribution in [0.5, 0.6) is 0 Å². The van der Waals surface area contributed by atoms with Gasteiger partial charge >= 0.3 is 0 Å². The Kier molecular flexibility index (Phi) is 4.41. The van der Waals surface area contributed by atoms with Crippen molar-refractivity contribution in [2.24, 2.45) is 0 Å². The molecular formula is C13H13ClN4O. The minimum atomic E-state index is -0.183. The molecule has 0 aliphatic rings. The van der Waals surface area contributed by atoms with Crippen LogP contribution in [0.4, 0.5) is 0 Å². The Morgan fingerprint density at radius 3 is 2.68 bits per heavy atom. The summed E-state index contributed by atoms with van der Waals surface area (Å²) in [7, 11) is 0. The lowest BCUT2D eigenvalue weighted by atomic mass is 10.3. The van der Waals surface area contributed by atoms with Crippen LogP contribution in [0.1, 0.15) is 23.1 Å². The molecule has 0 fully saturated rings. The molecule has 0 N–H and O–H groups in total. The number of amides is 1. The zero-order valence-electron chi connectivity index (χ0n) is 10.5. The van der Waals surface area contributed by atoms with E-state index in [0.717, 1.165) is 5.69 Å². The van der Waals surface area contributed by atoms with Gasteiger partial charge in [0.25, 0.3) is 5.91 Å². The van der Waals surface area contributed by atoms with E-state index in [0.29, 0.717) is 13.1 Å². The van der Waals surface area contributed by atoms with Crippen LogP contribution in [0, 0.1) is 0 Å². The minimum Gasteiger partial charge on any atom is -0.332 e. The summed E-state index contributed by atoms with van der Waals surface area (Å²) in [5.41, 5.74) is 1.11. The number of pyridine rings is 1. The zero-order valence-corrected chi connectivity index (χ0v) is 11.2. The fourth-order valence-corrected chi connectivity index (χ4v) is 1.70. The topological polar surface area (TPSA) is 59.0 Å². The Morgan fingerprint density at radius 1 is 1.26 bits per heavy atom. The number of aromatic nitrogens is 3. The highest BCUT2D eigenvalue weighted by Crippen LogP contribution is 2.07. The molecular weight excluding hydrogens is 264 g/mol. The van der Waals surface area contributed by atoms with Gasteiger partial charge in [-0.05, 0) is 19.1 Å². The van der Waals surface area contributed by atoms with Crippen molar-refractivity contribution in [2.45, 2.75) is 13.5 Å². The van der Waals surface area contributed by atoms with Crippen molar-refractivity contribution in [3.05, 3.63) is 53.3 Å². The normalized spacial score (nSPS) is 10.2. The highest BCUT2D eigenvalue weighted by Gasteiger charge is 2.16. The van der Waals surface area contributed by atoms with Crippen LogP contribution in [0.2, 0.25) is 5.15 Å². The summed E-state index contributed by atoms with van der Waals surface area (Å²) in [5, 5.41) is 0.268. The third-order valence-electron chi connectivity index (χ3n) is 2.59. The maximum atomic E-state index is 12.2. The van der Waals surface area contributed by atoms with Gasteiger partial charge in [-0.15, -0.1) is 0 Å². The van der Waals surface area contributed by atoms with E-state index >= 15 is 0 Å². The first kappa shape index (κ1) is 13.4. The molecule has 0 radical (unpaired) electrons. The highest BCUT2D eigenvalue weighted by molar-refractivity contribution is 6.29. The largest absolute Gasteiger partial charge is 0.332 e. The third-order valence-corrected chi connectivity index (χ3v) is 2.78. The van der Waals surface area contributed by atoms with Gasteiger partial charge in [0.1, 0.15) is 10.8 Å². The van der Waals surface area contributed by atoms with Crippen molar-refractivity contribution in [2.75, 3.05) is 6.54 Å². The second kappa shape index (κ2) is 6.24. The number of hydrogen-bond donors (Lipinski definition) is 0. The molecule has 0 atom stereocenters. The predicted octanol–water partition coefficient (Wildman–Crippen LogP) is 2.19. The Labute approximate surface area is 116 Å². The van der Waals surface area contributed by atoms with Crippen LogP contribution >= 0.6 is 11.6 Å². The van der Waals surface area contributed by atoms with Crippen molar-refractivity contribution in [3.8, 4) is 0 Å². The van der Waals surface area contributed by atoms with Gasteiger partial charge < -0.3 is 4.90 Å². The number of carbonyl (C=O) groups is 1. The molecule has 0 spiro atoms. The van der Waals surface area contributed by atoms with Crippen molar-refractivity contribution in [1.29, 1.82) is 0 Å². The predicted molar refractivity (Wildman–Crippen MR) is 71.7 cm³/mol. The second-order valence-corrected chi connectivity index (χ2v) is 4.25. The molecule has 0 aromatic carbocycles. The van der Waals surface area contributed by atoms with Gasteiger partial charge in [0.05, 0.1) is 24.6 Å². The molecule has 0 saturated heterocycles. The van der Waals surface area contributed by atoms with Crippen LogP contribution in [0.3, 0.4) is 0 Å². The lowest BCUT2D eigenvalue weighted by Crippen LogP contribution is -2.31. The number of halogens is 1. The monoisotopic (exact) mass is 276 g/mol. The number of carbonyl (C=O) groups excluding carboxylic acids is 1. The quantitative estimate of drug-likeness (QED) is 0.859. The summed E-state index contributed by atoms with van der Waals surface area (Å²) in [6.07, 6.45) is 4.45. The van der Waals surface area contributed by atoms with Gasteiger partial charge in [-0.2, -0.15) is 0 Å². The van der Waals surface area contributed by atoms with Crippen LogP contribution in [0.15, 0.2) is 36.8 Å². The molecule has 0 bridgehead atoms.